The van der Waals surface area contributed by atoms with Crippen molar-refractivity contribution >= 4 is 39.0 Å². The topological polar surface area (TPSA) is 85.1 Å². The molecule has 0 unspecified atom stereocenters. The summed E-state index contributed by atoms with van der Waals surface area (Å²) in [6.07, 6.45) is 0. The molecule has 8 heteroatoms. The Morgan fingerprint density at radius 3 is 2.90 bits per heavy atom. The van der Waals surface area contributed by atoms with Crippen LogP contribution in [0.2, 0.25) is 0 Å². The molecule has 0 fully saturated rings. The summed E-state index contributed by atoms with van der Waals surface area (Å²) in [5, 5.41) is 5.90. The lowest BCUT2D eigenvalue weighted by molar-refractivity contribution is 0.387. The molecule has 21 heavy (non-hydrogen) atoms. The first-order valence-electron chi connectivity index (χ1n) is 6.03. The second-order valence-corrected chi connectivity index (χ2v) is 5.05. The van der Waals surface area contributed by atoms with Gasteiger partial charge in [-0.05, 0) is 23.6 Å². The van der Waals surface area contributed by atoms with E-state index < -0.39 is 5.82 Å². The fraction of sp³-hybridized carbons (Fsp3) is 0.0769. The molecule has 3 rings (SSSR count). The van der Waals surface area contributed by atoms with E-state index in [4.69, 9.17) is 10.6 Å². The number of nitrogen functional groups attached to an aromatic ring is 1. The molecule has 4 N–H and O–H groups in total. The monoisotopic (exact) mass is 305 g/mol. The van der Waals surface area contributed by atoms with Crippen molar-refractivity contribution in [1.29, 1.82) is 0 Å². The Morgan fingerprint density at radius 1 is 1.29 bits per heavy atom. The molecule has 0 saturated heterocycles. The van der Waals surface area contributed by atoms with Gasteiger partial charge in [-0.1, -0.05) is 0 Å². The van der Waals surface area contributed by atoms with E-state index in [-0.39, 0.29) is 5.75 Å². The molecular formula is C13H12FN5OS. The molecule has 0 amide bonds. The normalized spacial score (nSPS) is 10.6. The van der Waals surface area contributed by atoms with Crippen LogP contribution in [0.15, 0.2) is 29.6 Å². The summed E-state index contributed by atoms with van der Waals surface area (Å²) in [6, 6.07) is 6.40. The van der Waals surface area contributed by atoms with Gasteiger partial charge in [0.1, 0.15) is 10.6 Å². The zero-order valence-corrected chi connectivity index (χ0v) is 11.9. The summed E-state index contributed by atoms with van der Waals surface area (Å²) >= 11 is 1.48. The third-order valence-electron chi connectivity index (χ3n) is 2.87. The number of ether oxygens (including phenoxy) is 1. The van der Waals surface area contributed by atoms with E-state index in [1.807, 2.05) is 11.4 Å². The fourth-order valence-electron chi connectivity index (χ4n) is 1.89. The number of nitrogens with two attached hydrogens (primary N) is 1. The Kier molecular flexibility index (Phi) is 3.55. The fourth-order valence-corrected chi connectivity index (χ4v) is 2.65. The van der Waals surface area contributed by atoms with E-state index >= 15 is 0 Å². The SMILES string of the molecule is COc1cc(Nc2nc(NN)nc3sccc23)ccc1F. The number of rotatable bonds is 4. The summed E-state index contributed by atoms with van der Waals surface area (Å²) < 4.78 is 18.4. The first-order chi connectivity index (χ1) is 10.2. The Bertz CT molecular complexity index is 791. The Labute approximate surface area is 123 Å². The lowest BCUT2D eigenvalue weighted by atomic mass is 10.2. The van der Waals surface area contributed by atoms with E-state index in [0.717, 1.165) is 10.2 Å². The van der Waals surface area contributed by atoms with E-state index in [9.17, 15) is 4.39 Å². The van der Waals surface area contributed by atoms with Crippen molar-refractivity contribution < 1.29 is 9.13 Å². The second kappa shape index (κ2) is 5.51. The maximum Gasteiger partial charge on any atom is 0.240 e. The smallest absolute Gasteiger partial charge is 0.240 e. The van der Waals surface area contributed by atoms with Crippen molar-refractivity contribution in [3.8, 4) is 5.75 Å². The van der Waals surface area contributed by atoms with Gasteiger partial charge in [0.25, 0.3) is 0 Å². The van der Waals surface area contributed by atoms with Crippen molar-refractivity contribution in [2.75, 3.05) is 17.9 Å². The minimum Gasteiger partial charge on any atom is -0.494 e. The van der Waals surface area contributed by atoms with Crippen molar-refractivity contribution in [3.05, 3.63) is 35.5 Å². The number of hydrogen-bond acceptors (Lipinski definition) is 7. The molecule has 0 atom stereocenters. The van der Waals surface area contributed by atoms with Gasteiger partial charge in [0, 0.05) is 11.8 Å². The van der Waals surface area contributed by atoms with Crippen molar-refractivity contribution in [2.45, 2.75) is 0 Å². The van der Waals surface area contributed by atoms with E-state index in [0.29, 0.717) is 17.5 Å². The van der Waals surface area contributed by atoms with Gasteiger partial charge in [-0.2, -0.15) is 4.98 Å². The number of fused-ring (bicyclic) bond motifs is 1. The average Bonchev–Trinajstić information content (AvgIpc) is 2.97. The number of nitrogens with zero attached hydrogens (tertiary/aromatic N) is 2. The molecule has 0 aliphatic rings. The maximum absolute atomic E-state index is 13.4. The summed E-state index contributed by atoms with van der Waals surface area (Å²) in [4.78, 5) is 9.33. The summed E-state index contributed by atoms with van der Waals surface area (Å²) in [5.74, 6) is 6.00. The molecular weight excluding hydrogens is 293 g/mol. The third-order valence-corrected chi connectivity index (χ3v) is 3.67. The largest absolute Gasteiger partial charge is 0.494 e. The van der Waals surface area contributed by atoms with Crippen molar-refractivity contribution in [1.82, 2.24) is 9.97 Å². The molecule has 108 valence electrons. The van der Waals surface area contributed by atoms with Gasteiger partial charge >= 0.3 is 0 Å². The molecule has 0 bridgehead atoms. The molecule has 3 aromatic rings. The van der Waals surface area contributed by atoms with Crippen LogP contribution in [-0.4, -0.2) is 17.1 Å². The summed E-state index contributed by atoms with van der Waals surface area (Å²) in [7, 11) is 1.42. The Hall–Kier alpha value is -2.45. The van der Waals surface area contributed by atoms with Gasteiger partial charge in [0.05, 0.1) is 12.5 Å². The molecule has 0 aliphatic heterocycles. The predicted octanol–water partition coefficient (Wildman–Crippen LogP) is 2.87. The number of hydrogen-bond donors (Lipinski definition) is 3. The van der Waals surface area contributed by atoms with Crippen LogP contribution in [0.4, 0.5) is 21.8 Å². The number of benzene rings is 1. The van der Waals surface area contributed by atoms with Gasteiger partial charge in [-0.15, -0.1) is 11.3 Å². The Balaban J connectivity index is 2.03. The molecule has 2 aromatic heterocycles. The van der Waals surface area contributed by atoms with Gasteiger partial charge < -0.3 is 10.1 Å². The minimum absolute atomic E-state index is 0.160. The lowest BCUT2D eigenvalue weighted by Gasteiger charge is -2.10. The Morgan fingerprint density at radius 2 is 2.14 bits per heavy atom. The highest BCUT2D eigenvalue weighted by Crippen LogP contribution is 2.30. The van der Waals surface area contributed by atoms with Crippen LogP contribution in [0.25, 0.3) is 10.2 Å². The second-order valence-electron chi connectivity index (χ2n) is 4.15. The molecule has 2 heterocycles. The number of hydrazine groups is 1. The highest BCUT2D eigenvalue weighted by atomic mass is 32.1. The van der Waals surface area contributed by atoms with Crippen molar-refractivity contribution in [3.63, 3.8) is 0 Å². The molecule has 1 aromatic carbocycles. The highest BCUT2D eigenvalue weighted by molar-refractivity contribution is 7.16. The molecule has 0 saturated carbocycles. The molecule has 0 spiro atoms. The molecule has 0 radical (unpaired) electrons. The molecule has 0 aliphatic carbocycles. The van der Waals surface area contributed by atoms with E-state index in [1.54, 1.807) is 12.1 Å². The van der Waals surface area contributed by atoms with Crippen LogP contribution in [0.1, 0.15) is 0 Å². The molecule has 6 nitrogen and oxygen atoms in total. The van der Waals surface area contributed by atoms with Crippen LogP contribution >= 0.6 is 11.3 Å². The number of thiophene rings is 1. The third kappa shape index (κ3) is 2.58. The van der Waals surface area contributed by atoms with Crippen molar-refractivity contribution in [2.24, 2.45) is 5.84 Å². The zero-order valence-electron chi connectivity index (χ0n) is 11.1. The lowest BCUT2D eigenvalue weighted by Crippen LogP contribution is -2.11. The van der Waals surface area contributed by atoms with E-state index in [2.05, 4.69) is 20.7 Å². The first-order valence-corrected chi connectivity index (χ1v) is 6.91. The average molecular weight is 305 g/mol. The highest BCUT2D eigenvalue weighted by Gasteiger charge is 2.10. The number of aromatic nitrogens is 2. The predicted molar refractivity (Wildman–Crippen MR) is 81.5 cm³/mol. The van der Waals surface area contributed by atoms with Gasteiger partial charge in [-0.3, -0.25) is 5.43 Å². The number of halogens is 1. The van der Waals surface area contributed by atoms with Crippen LogP contribution in [0.5, 0.6) is 5.75 Å². The van der Waals surface area contributed by atoms with Gasteiger partial charge in [0.2, 0.25) is 5.95 Å². The van der Waals surface area contributed by atoms with E-state index in [1.165, 1.54) is 24.5 Å². The maximum atomic E-state index is 13.4. The summed E-state index contributed by atoms with van der Waals surface area (Å²) in [5.41, 5.74) is 3.08. The zero-order chi connectivity index (χ0) is 14.8. The van der Waals surface area contributed by atoms with Crippen LogP contribution in [0.3, 0.4) is 0 Å². The minimum atomic E-state index is -0.421. The van der Waals surface area contributed by atoms with Crippen LogP contribution < -0.4 is 21.3 Å². The quantitative estimate of drug-likeness (QED) is 0.507. The summed E-state index contributed by atoms with van der Waals surface area (Å²) in [6.45, 7) is 0. The standard InChI is InChI=1S/C13H12FN5OS/c1-20-10-6-7(2-3-9(10)14)16-11-8-4-5-21-12(8)18-13(17-11)19-15/h2-6H,15H2,1H3,(H2,16,17,18,19). The number of nitrogens with one attached hydrogen (secondary N) is 2. The first kappa shape index (κ1) is 13.5. The number of methoxy groups -OCH3 is 1. The van der Waals surface area contributed by atoms with Gasteiger partial charge in [-0.25, -0.2) is 15.2 Å². The number of anilines is 3. The van der Waals surface area contributed by atoms with Gasteiger partial charge in [0.15, 0.2) is 11.6 Å². The van der Waals surface area contributed by atoms with Crippen LogP contribution in [0, 0.1) is 5.82 Å². The van der Waals surface area contributed by atoms with Crippen LogP contribution in [-0.2, 0) is 0 Å².